The van der Waals surface area contributed by atoms with Crippen molar-refractivity contribution in [3.05, 3.63) is 33.4 Å². The molecule has 0 N–H and O–H groups in total. The highest BCUT2D eigenvalue weighted by molar-refractivity contribution is 7.15. The van der Waals surface area contributed by atoms with E-state index in [1.807, 2.05) is 6.07 Å². The molecule has 3 heterocycles. The molecule has 0 radical (unpaired) electrons. The minimum absolute atomic E-state index is 0.524. The smallest absolute Gasteiger partial charge is 0.171 e. The molecule has 3 rings (SSSR count). The lowest BCUT2D eigenvalue weighted by Crippen LogP contribution is -2.13. The van der Waals surface area contributed by atoms with E-state index < -0.39 is 0 Å². The largest absolute Gasteiger partial charge is 0.376 e. The van der Waals surface area contributed by atoms with Gasteiger partial charge in [-0.15, -0.1) is 11.3 Å². The molecule has 2 aromatic heterocycles. The summed E-state index contributed by atoms with van der Waals surface area (Å²) in [7, 11) is 0. The van der Waals surface area contributed by atoms with E-state index in [4.69, 9.17) is 16.3 Å². The fourth-order valence-corrected chi connectivity index (χ4v) is 2.90. The predicted molar refractivity (Wildman–Crippen MR) is 68.5 cm³/mol. The second-order valence-corrected chi connectivity index (χ2v) is 5.62. The number of nitrogens with zero attached hydrogens (tertiary/aromatic N) is 2. The highest BCUT2D eigenvalue weighted by Gasteiger charge is 2.18. The van der Waals surface area contributed by atoms with Crippen molar-refractivity contribution in [3.63, 3.8) is 0 Å². The zero-order valence-electron chi connectivity index (χ0n) is 9.36. The molecule has 1 aliphatic heterocycles. The summed E-state index contributed by atoms with van der Waals surface area (Å²) in [6, 6.07) is 4.11. The maximum Gasteiger partial charge on any atom is 0.171 e. The van der Waals surface area contributed by atoms with Gasteiger partial charge in [0.25, 0.3) is 0 Å². The maximum absolute atomic E-state index is 6.18. The van der Waals surface area contributed by atoms with Gasteiger partial charge in [0.1, 0.15) is 5.15 Å². The van der Waals surface area contributed by atoms with E-state index >= 15 is 0 Å². The minimum Gasteiger partial charge on any atom is -0.376 e. The van der Waals surface area contributed by atoms with Crippen LogP contribution in [0.2, 0.25) is 5.15 Å². The Morgan fingerprint density at radius 1 is 1.35 bits per heavy atom. The van der Waals surface area contributed by atoms with Crippen molar-refractivity contribution in [3.8, 4) is 10.7 Å². The molecule has 0 amide bonds. The van der Waals surface area contributed by atoms with Crippen LogP contribution in [-0.4, -0.2) is 16.6 Å². The molecule has 0 bridgehead atoms. The molecule has 2 aromatic rings. The summed E-state index contributed by atoms with van der Waals surface area (Å²) in [5, 5.41) is 0.524. The minimum atomic E-state index is 0.524. The van der Waals surface area contributed by atoms with Crippen molar-refractivity contribution in [2.45, 2.75) is 20.0 Å². The molecule has 88 valence electrons. The number of thiophene rings is 1. The number of ether oxygens (including phenoxy) is 1. The normalized spacial score (nSPS) is 14.7. The molecule has 17 heavy (non-hydrogen) atoms. The molecule has 3 nitrogen and oxygen atoms in total. The fourth-order valence-electron chi connectivity index (χ4n) is 1.86. The molecule has 0 aromatic carbocycles. The molecular formula is C12H11ClN2OS. The first-order valence-electron chi connectivity index (χ1n) is 5.44. The van der Waals surface area contributed by atoms with Crippen molar-refractivity contribution >= 4 is 22.9 Å². The van der Waals surface area contributed by atoms with Gasteiger partial charge in [0.2, 0.25) is 0 Å². The van der Waals surface area contributed by atoms with Gasteiger partial charge in [0, 0.05) is 16.9 Å². The SMILES string of the molecule is Cc1ccc(-c2nc(Cl)c3c(n2)CCOC3)s1. The lowest BCUT2D eigenvalue weighted by molar-refractivity contribution is 0.109. The molecule has 0 saturated heterocycles. The van der Waals surface area contributed by atoms with Crippen LogP contribution >= 0.6 is 22.9 Å². The number of aromatic nitrogens is 2. The Hall–Kier alpha value is -0.970. The van der Waals surface area contributed by atoms with Gasteiger partial charge in [-0.3, -0.25) is 0 Å². The highest BCUT2D eigenvalue weighted by atomic mass is 35.5. The lowest BCUT2D eigenvalue weighted by atomic mass is 10.1. The van der Waals surface area contributed by atoms with Crippen LogP contribution in [-0.2, 0) is 17.8 Å². The summed E-state index contributed by atoms with van der Waals surface area (Å²) in [5.41, 5.74) is 1.97. The summed E-state index contributed by atoms with van der Waals surface area (Å²) in [6.07, 6.45) is 0.814. The third kappa shape index (κ3) is 2.08. The Bertz CT molecular complexity index is 568. The average Bonchev–Trinajstić information content (AvgIpc) is 2.76. The van der Waals surface area contributed by atoms with E-state index in [9.17, 15) is 0 Å². The van der Waals surface area contributed by atoms with E-state index in [1.165, 1.54) is 4.88 Å². The summed E-state index contributed by atoms with van der Waals surface area (Å²) in [6.45, 7) is 3.31. The quantitative estimate of drug-likeness (QED) is 0.744. The van der Waals surface area contributed by atoms with E-state index in [2.05, 4.69) is 23.0 Å². The first-order valence-corrected chi connectivity index (χ1v) is 6.63. The Labute approximate surface area is 108 Å². The van der Waals surface area contributed by atoms with Gasteiger partial charge < -0.3 is 4.74 Å². The van der Waals surface area contributed by atoms with Crippen LogP contribution < -0.4 is 0 Å². The number of halogens is 1. The zero-order valence-corrected chi connectivity index (χ0v) is 10.9. The van der Waals surface area contributed by atoms with Crippen LogP contribution in [0.1, 0.15) is 16.1 Å². The predicted octanol–water partition coefficient (Wildman–Crippen LogP) is 3.24. The topological polar surface area (TPSA) is 35.0 Å². The third-order valence-corrected chi connectivity index (χ3v) is 4.04. The average molecular weight is 267 g/mol. The van der Waals surface area contributed by atoms with Gasteiger partial charge >= 0.3 is 0 Å². The molecule has 0 atom stereocenters. The van der Waals surface area contributed by atoms with Crippen molar-refractivity contribution in [2.24, 2.45) is 0 Å². The van der Waals surface area contributed by atoms with Gasteiger partial charge in [0.15, 0.2) is 5.82 Å². The van der Waals surface area contributed by atoms with Crippen molar-refractivity contribution in [1.29, 1.82) is 0 Å². The number of hydrogen-bond donors (Lipinski definition) is 0. The molecule has 0 spiro atoms. The summed E-state index contributed by atoms with van der Waals surface area (Å²) >= 11 is 7.86. The molecule has 0 fully saturated rings. The van der Waals surface area contributed by atoms with Gasteiger partial charge in [0.05, 0.1) is 23.8 Å². The van der Waals surface area contributed by atoms with Crippen molar-refractivity contribution in [1.82, 2.24) is 9.97 Å². The number of fused-ring (bicyclic) bond motifs is 1. The molecular weight excluding hydrogens is 256 g/mol. The van der Waals surface area contributed by atoms with Crippen molar-refractivity contribution in [2.75, 3.05) is 6.61 Å². The van der Waals surface area contributed by atoms with E-state index in [0.717, 1.165) is 28.4 Å². The Balaban J connectivity index is 2.10. The third-order valence-electron chi connectivity index (χ3n) is 2.73. The summed E-state index contributed by atoms with van der Waals surface area (Å²) in [5.74, 6) is 0.730. The monoisotopic (exact) mass is 266 g/mol. The van der Waals surface area contributed by atoms with Gasteiger partial charge in [-0.05, 0) is 19.1 Å². The van der Waals surface area contributed by atoms with Crippen LogP contribution in [0.4, 0.5) is 0 Å². The van der Waals surface area contributed by atoms with Crippen LogP contribution in [0.3, 0.4) is 0 Å². The Kier molecular flexibility index (Phi) is 2.86. The molecule has 0 unspecified atom stereocenters. The van der Waals surface area contributed by atoms with E-state index in [0.29, 0.717) is 18.4 Å². The fraction of sp³-hybridized carbons (Fsp3) is 0.333. The van der Waals surface area contributed by atoms with Crippen LogP contribution in [0, 0.1) is 6.92 Å². The van der Waals surface area contributed by atoms with Gasteiger partial charge in [-0.25, -0.2) is 9.97 Å². The Morgan fingerprint density at radius 3 is 3.00 bits per heavy atom. The van der Waals surface area contributed by atoms with Crippen LogP contribution in [0.5, 0.6) is 0 Å². The second-order valence-electron chi connectivity index (χ2n) is 3.98. The van der Waals surface area contributed by atoms with E-state index in [-0.39, 0.29) is 0 Å². The zero-order chi connectivity index (χ0) is 11.8. The van der Waals surface area contributed by atoms with E-state index in [1.54, 1.807) is 11.3 Å². The standard InChI is InChI=1S/C12H11ClN2OS/c1-7-2-3-10(17-7)12-14-9-4-5-16-6-8(9)11(13)15-12/h2-3H,4-6H2,1H3. The van der Waals surface area contributed by atoms with Crippen LogP contribution in [0.25, 0.3) is 10.7 Å². The summed E-state index contributed by atoms with van der Waals surface area (Å²) in [4.78, 5) is 11.3. The number of hydrogen-bond acceptors (Lipinski definition) is 4. The number of rotatable bonds is 1. The molecule has 5 heteroatoms. The van der Waals surface area contributed by atoms with Gasteiger partial charge in [-0.2, -0.15) is 0 Å². The second kappa shape index (κ2) is 4.37. The first kappa shape index (κ1) is 11.1. The first-order chi connectivity index (χ1) is 8.24. The Morgan fingerprint density at radius 2 is 2.24 bits per heavy atom. The van der Waals surface area contributed by atoms with Crippen molar-refractivity contribution < 1.29 is 4.74 Å². The lowest BCUT2D eigenvalue weighted by Gasteiger charge is -2.16. The maximum atomic E-state index is 6.18. The highest BCUT2D eigenvalue weighted by Crippen LogP contribution is 2.29. The van der Waals surface area contributed by atoms with Gasteiger partial charge in [-0.1, -0.05) is 11.6 Å². The van der Waals surface area contributed by atoms with Crippen LogP contribution in [0.15, 0.2) is 12.1 Å². The molecule has 1 aliphatic rings. The summed E-state index contributed by atoms with van der Waals surface area (Å²) < 4.78 is 5.36. The molecule has 0 saturated carbocycles. The number of aryl methyl sites for hydroxylation is 1. The molecule has 0 aliphatic carbocycles.